The predicted octanol–water partition coefficient (Wildman–Crippen LogP) is 3.29. The molecule has 9 nitrogen and oxygen atoms in total. The van der Waals surface area contributed by atoms with Crippen LogP contribution in [0.5, 0.6) is 0 Å². The molecule has 0 saturated carbocycles. The molecule has 2 aromatic carbocycles. The van der Waals surface area contributed by atoms with Gasteiger partial charge in [-0.1, -0.05) is 55.4 Å². The molecule has 0 N–H and O–H groups in total. The third-order valence-electron chi connectivity index (χ3n) is 6.40. The van der Waals surface area contributed by atoms with Crippen molar-refractivity contribution < 1.29 is 17.7 Å². The second-order valence-electron chi connectivity index (χ2n) is 8.44. The van der Waals surface area contributed by atoms with Gasteiger partial charge in [0.25, 0.3) is 5.91 Å². The topological polar surface area (TPSA) is 99.9 Å². The molecule has 1 atom stereocenters. The Morgan fingerprint density at radius 2 is 1.71 bits per heavy atom. The molecule has 1 fully saturated rings. The fourth-order valence-corrected chi connectivity index (χ4v) is 5.77. The van der Waals surface area contributed by atoms with Crippen LogP contribution in [0.2, 0.25) is 0 Å². The zero-order valence-electron chi connectivity index (χ0n) is 20.3. The third-order valence-corrected chi connectivity index (χ3v) is 8.45. The molecule has 0 aliphatic carbocycles. The standard InChI is InChI=1S/C25H31N5O4S/c1-4-30(5-2)35(32,33)22-13-9-12-21(18-22)25(31)29-16-14-28(15-17-29)19(3)24-26-23(27-34-24)20-10-7-6-8-11-20/h6-13,18-19H,4-5,14-17H2,1-3H3. The van der Waals surface area contributed by atoms with Crippen LogP contribution in [-0.4, -0.2) is 77.8 Å². The van der Waals surface area contributed by atoms with Crippen molar-refractivity contribution in [2.75, 3.05) is 39.3 Å². The molecular weight excluding hydrogens is 466 g/mol. The summed E-state index contributed by atoms with van der Waals surface area (Å²) in [6.07, 6.45) is 0. The van der Waals surface area contributed by atoms with Gasteiger partial charge in [0.15, 0.2) is 0 Å². The monoisotopic (exact) mass is 497 g/mol. The predicted molar refractivity (Wildman–Crippen MR) is 132 cm³/mol. The molecule has 0 spiro atoms. The quantitative estimate of drug-likeness (QED) is 0.471. The van der Waals surface area contributed by atoms with E-state index in [4.69, 9.17) is 4.52 Å². The number of nitrogens with zero attached hydrogens (tertiary/aromatic N) is 5. The molecule has 35 heavy (non-hydrogen) atoms. The van der Waals surface area contributed by atoms with Gasteiger partial charge in [-0.2, -0.15) is 9.29 Å². The smallest absolute Gasteiger partial charge is 0.253 e. The van der Waals surface area contributed by atoms with Gasteiger partial charge in [-0.15, -0.1) is 0 Å². The zero-order valence-corrected chi connectivity index (χ0v) is 21.1. The van der Waals surface area contributed by atoms with Crippen LogP contribution in [0.1, 0.15) is 43.1 Å². The highest BCUT2D eigenvalue weighted by molar-refractivity contribution is 7.89. The molecule has 2 heterocycles. The number of benzene rings is 2. The van der Waals surface area contributed by atoms with Crippen LogP contribution in [0.4, 0.5) is 0 Å². The minimum atomic E-state index is -3.63. The van der Waals surface area contributed by atoms with E-state index >= 15 is 0 Å². The summed E-state index contributed by atoms with van der Waals surface area (Å²) in [6, 6.07) is 15.9. The van der Waals surface area contributed by atoms with Gasteiger partial charge in [-0.3, -0.25) is 9.69 Å². The van der Waals surface area contributed by atoms with E-state index in [2.05, 4.69) is 15.0 Å². The summed E-state index contributed by atoms with van der Waals surface area (Å²) in [7, 11) is -3.63. The zero-order chi connectivity index (χ0) is 25.0. The fourth-order valence-electron chi connectivity index (χ4n) is 4.26. The van der Waals surface area contributed by atoms with E-state index in [0.29, 0.717) is 56.5 Å². The van der Waals surface area contributed by atoms with Crippen molar-refractivity contribution in [2.45, 2.75) is 31.7 Å². The highest BCUT2D eigenvalue weighted by Crippen LogP contribution is 2.24. The van der Waals surface area contributed by atoms with E-state index in [1.165, 1.54) is 16.4 Å². The number of piperazine rings is 1. The summed E-state index contributed by atoms with van der Waals surface area (Å²) < 4.78 is 32.6. The maximum absolute atomic E-state index is 13.2. The van der Waals surface area contributed by atoms with Crippen LogP contribution in [0.25, 0.3) is 11.4 Å². The lowest BCUT2D eigenvalue weighted by Crippen LogP contribution is -2.49. The highest BCUT2D eigenvalue weighted by atomic mass is 32.2. The first kappa shape index (κ1) is 25.0. The van der Waals surface area contributed by atoms with Crippen molar-refractivity contribution in [3.8, 4) is 11.4 Å². The Kier molecular flexibility index (Phi) is 7.63. The van der Waals surface area contributed by atoms with E-state index < -0.39 is 10.0 Å². The molecule has 1 amide bonds. The Morgan fingerprint density at radius 3 is 2.37 bits per heavy atom. The van der Waals surface area contributed by atoms with Crippen molar-refractivity contribution in [1.29, 1.82) is 0 Å². The third kappa shape index (κ3) is 5.29. The molecule has 10 heteroatoms. The lowest BCUT2D eigenvalue weighted by Gasteiger charge is -2.36. The number of amides is 1. The van der Waals surface area contributed by atoms with E-state index in [9.17, 15) is 13.2 Å². The summed E-state index contributed by atoms with van der Waals surface area (Å²) in [5.74, 6) is 0.928. The average Bonchev–Trinajstić information content (AvgIpc) is 3.39. The number of carbonyl (C=O) groups is 1. The van der Waals surface area contributed by atoms with Gasteiger partial charge in [-0.05, 0) is 25.1 Å². The van der Waals surface area contributed by atoms with Gasteiger partial charge >= 0.3 is 0 Å². The van der Waals surface area contributed by atoms with Gasteiger partial charge in [0.05, 0.1) is 10.9 Å². The van der Waals surface area contributed by atoms with Gasteiger partial charge in [0.2, 0.25) is 21.7 Å². The second-order valence-corrected chi connectivity index (χ2v) is 10.4. The molecule has 186 valence electrons. The number of aromatic nitrogens is 2. The molecule has 1 saturated heterocycles. The SMILES string of the molecule is CCN(CC)S(=O)(=O)c1cccc(C(=O)N2CCN(C(C)c3nc(-c4ccccc4)no3)CC2)c1. The molecular formula is C25H31N5O4S. The number of carbonyl (C=O) groups excluding carboxylic acids is 1. The number of rotatable bonds is 8. The maximum atomic E-state index is 13.2. The van der Waals surface area contributed by atoms with Gasteiger partial charge in [0.1, 0.15) is 0 Å². The molecule has 1 unspecified atom stereocenters. The maximum Gasteiger partial charge on any atom is 0.253 e. The minimum Gasteiger partial charge on any atom is -0.337 e. The van der Waals surface area contributed by atoms with Crippen LogP contribution in [0.15, 0.2) is 64.0 Å². The first-order valence-corrected chi connectivity index (χ1v) is 13.3. The van der Waals surface area contributed by atoms with Crippen molar-refractivity contribution in [2.24, 2.45) is 0 Å². The highest BCUT2D eigenvalue weighted by Gasteiger charge is 2.29. The van der Waals surface area contributed by atoms with E-state index in [0.717, 1.165) is 5.56 Å². The summed E-state index contributed by atoms with van der Waals surface area (Å²) >= 11 is 0. The van der Waals surface area contributed by atoms with Crippen LogP contribution < -0.4 is 0 Å². The van der Waals surface area contributed by atoms with Gasteiger partial charge in [0, 0.05) is 50.4 Å². The molecule has 0 radical (unpaired) electrons. The Balaban J connectivity index is 1.40. The van der Waals surface area contributed by atoms with Crippen LogP contribution in [-0.2, 0) is 10.0 Å². The lowest BCUT2D eigenvalue weighted by molar-refractivity contribution is 0.0551. The second kappa shape index (κ2) is 10.7. The molecule has 0 bridgehead atoms. The first-order chi connectivity index (χ1) is 16.8. The summed E-state index contributed by atoms with van der Waals surface area (Å²) in [6.45, 7) is 8.71. The normalized spacial score (nSPS) is 15.9. The van der Waals surface area contributed by atoms with Crippen LogP contribution in [0.3, 0.4) is 0 Å². The minimum absolute atomic E-state index is 0.0836. The largest absolute Gasteiger partial charge is 0.337 e. The summed E-state index contributed by atoms with van der Waals surface area (Å²) in [4.78, 5) is 21.8. The molecule has 1 aliphatic rings. The Bertz CT molecular complexity index is 1250. The number of hydrogen-bond acceptors (Lipinski definition) is 7. The summed E-state index contributed by atoms with van der Waals surface area (Å²) in [5, 5.41) is 4.11. The number of sulfonamides is 1. The Hall–Kier alpha value is -3.08. The van der Waals surface area contributed by atoms with Crippen molar-refractivity contribution >= 4 is 15.9 Å². The van der Waals surface area contributed by atoms with Gasteiger partial charge < -0.3 is 9.42 Å². The average molecular weight is 498 g/mol. The van der Waals surface area contributed by atoms with Crippen molar-refractivity contribution in [3.05, 3.63) is 66.1 Å². The van der Waals surface area contributed by atoms with Gasteiger partial charge in [-0.25, -0.2) is 8.42 Å². The Labute approximate surface area is 206 Å². The van der Waals surface area contributed by atoms with Crippen LogP contribution in [0, 0.1) is 0 Å². The van der Waals surface area contributed by atoms with E-state index in [-0.39, 0.29) is 16.8 Å². The lowest BCUT2D eigenvalue weighted by atomic mass is 10.1. The summed E-state index contributed by atoms with van der Waals surface area (Å²) in [5.41, 5.74) is 1.28. The van der Waals surface area contributed by atoms with E-state index in [1.807, 2.05) is 37.3 Å². The Morgan fingerprint density at radius 1 is 1.03 bits per heavy atom. The molecule has 4 rings (SSSR count). The van der Waals surface area contributed by atoms with Crippen molar-refractivity contribution in [3.63, 3.8) is 0 Å². The molecule has 1 aliphatic heterocycles. The molecule has 3 aromatic rings. The van der Waals surface area contributed by atoms with Crippen molar-refractivity contribution in [1.82, 2.24) is 24.2 Å². The fraction of sp³-hybridized carbons (Fsp3) is 0.400. The number of hydrogen-bond donors (Lipinski definition) is 0. The first-order valence-electron chi connectivity index (χ1n) is 11.9. The van der Waals surface area contributed by atoms with Crippen LogP contribution >= 0.6 is 0 Å². The molecule has 1 aromatic heterocycles. The van der Waals surface area contributed by atoms with E-state index in [1.54, 1.807) is 30.9 Å².